The molecule has 6 heteroatoms. The molecular formula is C20H26ClNO4. The van der Waals surface area contributed by atoms with Gasteiger partial charge >= 0.3 is 0 Å². The lowest BCUT2D eigenvalue weighted by molar-refractivity contribution is -0.0438. The van der Waals surface area contributed by atoms with Crippen molar-refractivity contribution in [3.05, 3.63) is 53.6 Å². The highest BCUT2D eigenvalue weighted by molar-refractivity contribution is 5.85. The van der Waals surface area contributed by atoms with Crippen molar-refractivity contribution in [3.8, 4) is 17.2 Å². The van der Waals surface area contributed by atoms with Crippen molar-refractivity contribution in [2.24, 2.45) is 0 Å². The van der Waals surface area contributed by atoms with Crippen molar-refractivity contribution in [3.63, 3.8) is 0 Å². The topological polar surface area (TPSA) is 49.0 Å². The van der Waals surface area contributed by atoms with E-state index in [0.29, 0.717) is 12.4 Å². The maximum absolute atomic E-state index is 6.37. The lowest BCUT2D eigenvalue weighted by Gasteiger charge is -2.32. The third-order valence-corrected chi connectivity index (χ3v) is 4.29. The highest BCUT2D eigenvalue weighted by Crippen LogP contribution is 2.35. The summed E-state index contributed by atoms with van der Waals surface area (Å²) >= 11 is 0. The molecule has 0 radical (unpaired) electrons. The fourth-order valence-corrected chi connectivity index (χ4v) is 2.97. The zero-order valence-electron chi connectivity index (χ0n) is 15.4. The van der Waals surface area contributed by atoms with Gasteiger partial charge in [0.05, 0.1) is 20.8 Å². The van der Waals surface area contributed by atoms with Crippen LogP contribution in [0.5, 0.6) is 17.2 Å². The van der Waals surface area contributed by atoms with E-state index in [4.69, 9.17) is 18.9 Å². The van der Waals surface area contributed by atoms with Crippen molar-refractivity contribution in [2.75, 3.05) is 33.9 Å². The van der Waals surface area contributed by atoms with E-state index in [-0.39, 0.29) is 24.6 Å². The zero-order chi connectivity index (χ0) is 17.6. The molecule has 0 bridgehead atoms. The summed E-state index contributed by atoms with van der Waals surface area (Å²) in [6, 6.07) is 13.8. The van der Waals surface area contributed by atoms with Crippen LogP contribution in [0.4, 0.5) is 0 Å². The average molecular weight is 380 g/mol. The Morgan fingerprint density at radius 1 is 1.08 bits per heavy atom. The predicted octanol–water partition coefficient (Wildman–Crippen LogP) is 3.54. The first-order valence-electron chi connectivity index (χ1n) is 8.49. The Kier molecular flexibility index (Phi) is 7.57. The fourth-order valence-electron chi connectivity index (χ4n) is 2.97. The number of morpholine rings is 1. The summed E-state index contributed by atoms with van der Waals surface area (Å²) in [5, 5.41) is 3.37. The summed E-state index contributed by atoms with van der Waals surface area (Å²) in [7, 11) is 3.32. The summed E-state index contributed by atoms with van der Waals surface area (Å²) < 4.78 is 23.2. The summed E-state index contributed by atoms with van der Waals surface area (Å²) in [6.45, 7) is 4.28. The van der Waals surface area contributed by atoms with Gasteiger partial charge in [0.25, 0.3) is 0 Å². The second-order valence-electron chi connectivity index (χ2n) is 6.08. The Balaban J connectivity index is 0.00000243. The molecular weight excluding hydrogens is 354 g/mol. The van der Waals surface area contributed by atoms with E-state index in [1.54, 1.807) is 14.2 Å². The Labute approximate surface area is 161 Å². The molecule has 2 atom stereocenters. The molecule has 1 heterocycles. The molecule has 3 rings (SSSR count). The minimum absolute atomic E-state index is 0. The van der Waals surface area contributed by atoms with Crippen molar-refractivity contribution < 1.29 is 18.9 Å². The number of ether oxygens (including phenoxy) is 4. The van der Waals surface area contributed by atoms with Crippen molar-refractivity contribution >= 4 is 12.4 Å². The number of hydrogen-bond donors (Lipinski definition) is 1. The van der Waals surface area contributed by atoms with Crippen molar-refractivity contribution in [1.29, 1.82) is 0 Å². The van der Waals surface area contributed by atoms with Crippen LogP contribution in [-0.4, -0.2) is 40.0 Å². The second kappa shape index (κ2) is 9.67. The summed E-state index contributed by atoms with van der Waals surface area (Å²) in [6.07, 6.45) is -0.355. The third kappa shape index (κ3) is 4.81. The Morgan fingerprint density at radius 3 is 2.62 bits per heavy atom. The minimum atomic E-state index is -0.264. The molecule has 1 aliphatic rings. The lowest BCUT2D eigenvalue weighted by atomic mass is 10.0. The quantitative estimate of drug-likeness (QED) is 0.831. The van der Waals surface area contributed by atoms with E-state index < -0.39 is 0 Å². The van der Waals surface area contributed by atoms with E-state index >= 15 is 0 Å². The molecule has 26 heavy (non-hydrogen) atoms. The molecule has 1 N–H and O–H groups in total. The molecule has 1 aliphatic heterocycles. The predicted molar refractivity (Wildman–Crippen MR) is 104 cm³/mol. The zero-order valence-corrected chi connectivity index (χ0v) is 16.2. The molecule has 0 spiro atoms. The number of methoxy groups -OCH3 is 2. The summed E-state index contributed by atoms with van der Waals surface area (Å²) in [4.78, 5) is 0. The molecule has 1 saturated heterocycles. The van der Waals surface area contributed by atoms with Gasteiger partial charge in [0.2, 0.25) is 0 Å². The van der Waals surface area contributed by atoms with Gasteiger partial charge < -0.3 is 24.3 Å². The van der Waals surface area contributed by atoms with Crippen LogP contribution >= 0.6 is 12.4 Å². The number of hydrogen-bond acceptors (Lipinski definition) is 5. The van der Waals surface area contributed by atoms with Crippen molar-refractivity contribution in [1.82, 2.24) is 5.32 Å². The molecule has 0 unspecified atom stereocenters. The van der Waals surface area contributed by atoms with Crippen LogP contribution < -0.4 is 19.5 Å². The molecule has 1 fully saturated rings. The lowest BCUT2D eigenvalue weighted by Crippen LogP contribution is -2.43. The maximum Gasteiger partial charge on any atom is 0.162 e. The van der Waals surface area contributed by atoms with Crippen LogP contribution in [-0.2, 0) is 4.74 Å². The van der Waals surface area contributed by atoms with E-state index in [1.807, 2.05) is 49.4 Å². The van der Waals surface area contributed by atoms with Gasteiger partial charge in [0.1, 0.15) is 11.9 Å². The molecule has 5 nitrogen and oxygen atoms in total. The SMILES string of the molecule is COc1cccc([C@H](Oc2ccc(C)cc2OC)[C@@H]2CNCCO2)c1.Cl. The number of nitrogens with one attached hydrogen (secondary N) is 1. The van der Waals surface area contributed by atoms with E-state index in [9.17, 15) is 0 Å². The van der Waals surface area contributed by atoms with Crippen LogP contribution in [0.1, 0.15) is 17.2 Å². The standard InChI is InChI=1S/C20H25NO4.ClH/c1-14-7-8-17(18(11-14)23-3)25-20(19-13-21-9-10-24-19)15-5-4-6-16(12-15)22-2;/h4-8,11-12,19-21H,9-10,13H2,1-3H3;1H/t19-,20-;/m0./s1. The number of rotatable bonds is 6. The molecule has 0 aromatic heterocycles. The van der Waals surface area contributed by atoms with Crippen LogP contribution in [0, 0.1) is 6.92 Å². The number of aryl methyl sites for hydroxylation is 1. The van der Waals surface area contributed by atoms with Gasteiger partial charge in [-0.15, -0.1) is 12.4 Å². The van der Waals surface area contributed by atoms with Crippen LogP contribution in [0.25, 0.3) is 0 Å². The highest BCUT2D eigenvalue weighted by atomic mass is 35.5. The van der Waals surface area contributed by atoms with Crippen LogP contribution in [0.3, 0.4) is 0 Å². The first-order chi connectivity index (χ1) is 12.2. The van der Waals surface area contributed by atoms with Crippen molar-refractivity contribution in [2.45, 2.75) is 19.1 Å². The Morgan fingerprint density at radius 2 is 1.92 bits per heavy atom. The van der Waals surface area contributed by atoms with Gasteiger partial charge in [-0.1, -0.05) is 18.2 Å². The minimum Gasteiger partial charge on any atom is -0.497 e. The van der Waals surface area contributed by atoms with Gasteiger partial charge in [0.15, 0.2) is 17.6 Å². The van der Waals surface area contributed by atoms with E-state index in [2.05, 4.69) is 5.32 Å². The highest BCUT2D eigenvalue weighted by Gasteiger charge is 2.29. The normalized spacial score (nSPS) is 17.7. The monoisotopic (exact) mass is 379 g/mol. The molecule has 0 amide bonds. The molecule has 2 aromatic carbocycles. The Hall–Kier alpha value is -1.95. The van der Waals surface area contributed by atoms with Gasteiger partial charge in [-0.25, -0.2) is 0 Å². The Bertz CT molecular complexity index is 704. The molecule has 2 aromatic rings. The molecule has 142 valence electrons. The number of benzene rings is 2. The largest absolute Gasteiger partial charge is 0.497 e. The number of halogens is 1. The summed E-state index contributed by atoms with van der Waals surface area (Å²) in [5.74, 6) is 2.22. The fraction of sp³-hybridized carbons (Fsp3) is 0.400. The van der Waals surface area contributed by atoms with Crippen LogP contribution in [0.2, 0.25) is 0 Å². The van der Waals surface area contributed by atoms with Gasteiger partial charge in [-0.2, -0.15) is 0 Å². The third-order valence-electron chi connectivity index (χ3n) is 4.29. The first-order valence-corrected chi connectivity index (χ1v) is 8.49. The second-order valence-corrected chi connectivity index (χ2v) is 6.08. The van der Waals surface area contributed by atoms with Gasteiger partial charge in [-0.3, -0.25) is 0 Å². The smallest absolute Gasteiger partial charge is 0.162 e. The van der Waals surface area contributed by atoms with Crippen LogP contribution in [0.15, 0.2) is 42.5 Å². The first kappa shape index (κ1) is 20.4. The molecule has 0 aliphatic carbocycles. The summed E-state index contributed by atoms with van der Waals surface area (Å²) in [5.41, 5.74) is 2.13. The van der Waals surface area contributed by atoms with E-state index in [1.165, 1.54) is 0 Å². The maximum atomic E-state index is 6.37. The average Bonchev–Trinajstić information content (AvgIpc) is 2.67. The van der Waals surface area contributed by atoms with E-state index in [0.717, 1.165) is 35.7 Å². The van der Waals surface area contributed by atoms with Gasteiger partial charge in [0, 0.05) is 13.1 Å². The van der Waals surface area contributed by atoms with Gasteiger partial charge in [-0.05, 0) is 42.3 Å². The molecule has 0 saturated carbocycles.